The molecule has 1 aliphatic heterocycles. The molecule has 9 heteroatoms. The second-order valence-corrected chi connectivity index (χ2v) is 8.47. The molecule has 1 aliphatic rings. The zero-order valence-electron chi connectivity index (χ0n) is 16.1. The van der Waals surface area contributed by atoms with Gasteiger partial charge in [-0.1, -0.05) is 13.0 Å². The summed E-state index contributed by atoms with van der Waals surface area (Å²) in [5.41, 5.74) is 0.427. The van der Waals surface area contributed by atoms with Gasteiger partial charge >= 0.3 is 0 Å². The van der Waals surface area contributed by atoms with E-state index in [0.717, 1.165) is 10.1 Å². The Bertz CT molecular complexity index is 1000. The molecule has 1 saturated heterocycles. The molecule has 1 N–H and O–H groups in total. The van der Waals surface area contributed by atoms with Gasteiger partial charge in [-0.15, -0.1) is 0 Å². The second-order valence-electron chi connectivity index (χ2n) is 6.61. The molecular weight excluding hydrogens is 396 g/mol. The van der Waals surface area contributed by atoms with E-state index in [1.807, 2.05) is 0 Å². The van der Waals surface area contributed by atoms with Crippen LogP contribution in [-0.2, 0) is 14.8 Å². The van der Waals surface area contributed by atoms with Crippen LogP contribution in [0.15, 0.2) is 48.5 Å². The van der Waals surface area contributed by atoms with Crippen molar-refractivity contribution >= 4 is 27.5 Å². The Labute approximate surface area is 169 Å². The van der Waals surface area contributed by atoms with E-state index in [2.05, 4.69) is 5.32 Å². The van der Waals surface area contributed by atoms with Crippen LogP contribution in [0.1, 0.15) is 17.3 Å². The van der Waals surface area contributed by atoms with Crippen LogP contribution in [-0.4, -0.2) is 46.2 Å². The minimum Gasteiger partial charge on any atom is -0.497 e. The van der Waals surface area contributed by atoms with Gasteiger partial charge in [0.1, 0.15) is 18.1 Å². The summed E-state index contributed by atoms with van der Waals surface area (Å²) in [4.78, 5) is 24.6. The van der Waals surface area contributed by atoms with Gasteiger partial charge in [0, 0.05) is 5.56 Å². The maximum atomic E-state index is 12.4. The molecule has 0 saturated carbocycles. The van der Waals surface area contributed by atoms with E-state index in [1.54, 1.807) is 50.4 Å². The van der Waals surface area contributed by atoms with E-state index in [-0.39, 0.29) is 36.1 Å². The van der Waals surface area contributed by atoms with Crippen LogP contribution >= 0.6 is 0 Å². The normalized spacial score (nSPS) is 17.8. The molecule has 3 rings (SSSR count). The summed E-state index contributed by atoms with van der Waals surface area (Å²) in [6.07, 6.45) is 0. The zero-order chi connectivity index (χ0) is 21.0. The Balaban J connectivity index is 1.59. The van der Waals surface area contributed by atoms with Crippen LogP contribution in [0, 0.1) is 5.92 Å². The fourth-order valence-corrected chi connectivity index (χ4v) is 4.78. The van der Waals surface area contributed by atoms with E-state index in [9.17, 15) is 18.0 Å². The Hall–Kier alpha value is -3.07. The standard InChI is InChI=1S/C20H22N2O6S/c1-14-13-29(25,26)22(20(14)24)16-5-3-4-15(12-16)19(23)21-10-11-28-18-8-6-17(27-2)7-9-18/h3-9,12,14H,10-11,13H2,1-2H3,(H,21,23)/t14-/m0/s1. The Kier molecular flexibility index (Phi) is 6.07. The van der Waals surface area contributed by atoms with Gasteiger partial charge in [0.25, 0.3) is 5.91 Å². The SMILES string of the molecule is COc1ccc(OCCNC(=O)c2cccc(N3C(=O)[C@@H](C)CS3(=O)=O)c2)cc1. The van der Waals surface area contributed by atoms with Crippen molar-refractivity contribution in [2.45, 2.75) is 6.92 Å². The molecule has 0 unspecified atom stereocenters. The number of anilines is 1. The molecule has 2 aromatic carbocycles. The summed E-state index contributed by atoms with van der Waals surface area (Å²) in [5, 5.41) is 2.71. The lowest BCUT2D eigenvalue weighted by molar-refractivity contribution is -0.119. The van der Waals surface area contributed by atoms with Crippen molar-refractivity contribution in [3.63, 3.8) is 0 Å². The number of hydrogen-bond acceptors (Lipinski definition) is 6. The highest BCUT2D eigenvalue weighted by molar-refractivity contribution is 7.94. The van der Waals surface area contributed by atoms with Gasteiger partial charge in [-0.2, -0.15) is 0 Å². The monoisotopic (exact) mass is 418 g/mol. The third-order valence-electron chi connectivity index (χ3n) is 4.42. The number of hydrogen-bond donors (Lipinski definition) is 1. The van der Waals surface area contributed by atoms with Crippen molar-refractivity contribution in [3.8, 4) is 11.5 Å². The van der Waals surface area contributed by atoms with Gasteiger partial charge in [0.05, 0.1) is 31.0 Å². The molecule has 0 spiro atoms. The summed E-state index contributed by atoms with van der Waals surface area (Å²) < 4.78 is 35.9. The number of sulfonamides is 1. The van der Waals surface area contributed by atoms with Gasteiger partial charge in [-0.25, -0.2) is 12.7 Å². The number of rotatable bonds is 7. The van der Waals surface area contributed by atoms with Crippen molar-refractivity contribution in [3.05, 3.63) is 54.1 Å². The molecule has 154 valence electrons. The Morgan fingerprint density at radius 3 is 2.48 bits per heavy atom. The molecule has 2 aromatic rings. The lowest BCUT2D eigenvalue weighted by Crippen LogP contribution is -2.31. The lowest BCUT2D eigenvalue weighted by atomic mass is 10.1. The maximum absolute atomic E-state index is 12.4. The predicted octanol–water partition coefficient (Wildman–Crippen LogP) is 1.82. The highest BCUT2D eigenvalue weighted by Crippen LogP contribution is 2.28. The van der Waals surface area contributed by atoms with E-state index in [0.29, 0.717) is 5.75 Å². The third-order valence-corrected chi connectivity index (χ3v) is 6.29. The lowest BCUT2D eigenvalue weighted by Gasteiger charge is -2.16. The van der Waals surface area contributed by atoms with Gasteiger partial charge in [0.15, 0.2) is 0 Å². The fourth-order valence-electron chi connectivity index (χ4n) is 2.97. The first-order valence-electron chi connectivity index (χ1n) is 9.04. The van der Waals surface area contributed by atoms with Crippen LogP contribution < -0.4 is 19.1 Å². The summed E-state index contributed by atoms with van der Waals surface area (Å²) in [6, 6.07) is 13.1. The molecule has 0 bridgehead atoms. The molecular formula is C20H22N2O6S. The number of nitrogens with zero attached hydrogens (tertiary/aromatic N) is 1. The van der Waals surface area contributed by atoms with Gasteiger partial charge < -0.3 is 14.8 Å². The molecule has 1 atom stereocenters. The zero-order valence-corrected chi connectivity index (χ0v) is 16.9. The minimum atomic E-state index is -3.71. The van der Waals surface area contributed by atoms with Crippen molar-refractivity contribution in [2.24, 2.45) is 5.92 Å². The van der Waals surface area contributed by atoms with Crippen LogP contribution in [0.4, 0.5) is 5.69 Å². The quantitative estimate of drug-likeness (QED) is 0.688. The molecule has 2 amide bonds. The molecule has 1 fully saturated rings. The van der Waals surface area contributed by atoms with E-state index in [1.165, 1.54) is 12.1 Å². The van der Waals surface area contributed by atoms with Crippen molar-refractivity contribution in [2.75, 3.05) is 30.3 Å². The van der Waals surface area contributed by atoms with Crippen molar-refractivity contribution in [1.29, 1.82) is 0 Å². The molecule has 0 aliphatic carbocycles. The Morgan fingerprint density at radius 2 is 1.86 bits per heavy atom. The molecule has 0 aromatic heterocycles. The number of amides is 2. The maximum Gasteiger partial charge on any atom is 0.251 e. The first kappa shape index (κ1) is 20.7. The van der Waals surface area contributed by atoms with E-state index >= 15 is 0 Å². The van der Waals surface area contributed by atoms with Gasteiger partial charge in [0.2, 0.25) is 15.9 Å². The van der Waals surface area contributed by atoms with Gasteiger partial charge in [-0.3, -0.25) is 9.59 Å². The molecule has 8 nitrogen and oxygen atoms in total. The Morgan fingerprint density at radius 1 is 1.17 bits per heavy atom. The number of ether oxygens (including phenoxy) is 2. The first-order valence-corrected chi connectivity index (χ1v) is 10.6. The second kappa shape index (κ2) is 8.52. The largest absolute Gasteiger partial charge is 0.497 e. The third kappa shape index (κ3) is 4.68. The van der Waals surface area contributed by atoms with Crippen LogP contribution in [0.3, 0.4) is 0 Å². The average molecular weight is 418 g/mol. The van der Waals surface area contributed by atoms with Crippen LogP contribution in [0.5, 0.6) is 11.5 Å². The van der Waals surface area contributed by atoms with E-state index < -0.39 is 21.8 Å². The molecule has 29 heavy (non-hydrogen) atoms. The van der Waals surface area contributed by atoms with E-state index in [4.69, 9.17) is 9.47 Å². The first-order chi connectivity index (χ1) is 13.8. The minimum absolute atomic E-state index is 0.168. The average Bonchev–Trinajstić information content (AvgIpc) is 2.92. The summed E-state index contributed by atoms with van der Waals surface area (Å²) >= 11 is 0. The fraction of sp³-hybridized carbons (Fsp3) is 0.300. The number of carbonyl (C=O) groups is 2. The summed E-state index contributed by atoms with van der Waals surface area (Å²) in [6.45, 7) is 2.08. The van der Waals surface area contributed by atoms with Crippen molar-refractivity contribution < 1.29 is 27.5 Å². The van der Waals surface area contributed by atoms with Gasteiger partial charge in [-0.05, 0) is 42.5 Å². The summed E-state index contributed by atoms with van der Waals surface area (Å²) in [5.74, 6) is -0.344. The number of benzene rings is 2. The molecule has 1 heterocycles. The van der Waals surface area contributed by atoms with Crippen LogP contribution in [0.2, 0.25) is 0 Å². The summed E-state index contributed by atoms with van der Waals surface area (Å²) in [7, 11) is -2.14. The highest BCUT2D eigenvalue weighted by atomic mass is 32.2. The smallest absolute Gasteiger partial charge is 0.251 e. The predicted molar refractivity (Wildman–Crippen MR) is 108 cm³/mol. The topological polar surface area (TPSA) is 102 Å². The number of methoxy groups -OCH3 is 1. The molecule has 0 radical (unpaired) electrons. The van der Waals surface area contributed by atoms with Crippen molar-refractivity contribution in [1.82, 2.24) is 5.32 Å². The highest BCUT2D eigenvalue weighted by Gasteiger charge is 2.42. The number of carbonyl (C=O) groups excluding carboxylic acids is 2. The van der Waals surface area contributed by atoms with Crippen LogP contribution in [0.25, 0.3) is 0 Å². The number of nitrogens with one attached hydrogen (secondary N) is 1.